The molecule has 0 aromatic heterocycles. The Labute approximate surface area is 158 Å². The van der Waals surface area contributed by atoms with Crippen LogP contribution in [0.25, 0.3) is 0 Å². The van der Waals surface area contributed by atoms with Crippen molar-refractivity contribution in [1.82, 2.24) is 0 Å². The summed E-state index contributed by atoms with van der Waals surface area (Å²) >= 11 is 0. The monoisotopic (exact) mass is 365 g/mol. The summed E-state index contributed by atoms with van der Waals surface area (Å²) in [5.41, 5.74) is 1.20. The minimum atomic E-state index is -1.50. The SMILES string of the molecule is CC1=C2C[C@@H]3CCC[C@@](O)(C3=O)[C@H]2[C@H]2C(=O)N(c3ccccc3)C(=O)[C@H]2C1. The lowest BCUT2D eigenvalue weighted by molar-refractivity contribution is -0.162. The van der Waals surface area contributed by atoms with Gasteiger partial charge in [-0.05, 0) is 51.2 Å². The Bertz CT molecular complexity index is 889. The molecule has 1 saturated heterocycles. The van der Waals surface area contributed by atoms with Crippen LogP contribution in [0.2, 0.25) is 0 Å². The smallest absolute Gasteiger partial charge is 0.238 e. The van der Waals surface area contributed by atoms with Gasteiger partial charge < -0.3 is 5.11 Å². The van der Waals surface area contributed by atoms with Crippen LogP contribution in [-0.4, -0.2) is 28.3 Å². The molecular formula is C22H23NO4. The molecule has 5 rings (SSSR count). The maximum Gasteiger partial charge on any atom is 0.238 e. The standard InChI is InChI=1S/C22H23NO4/c1-12-10-16-17(21(26)23(20(16)25)14-7-3-2-4-8-14)18-15(12)11-13-6-5-9-22(18,27)19(13)24/h2-4,7-8,13,16-18,27H,5-6,9-11H2,1H3/t13-,16-,17-,18+,22-/m0/s1. The first-order chi connectivity index (χ1) is 12.9. The zero-order chi connectivity index (χ0) is 18.9. The number of amides is 2. The number of Topliss-reactive ketones (excluding diaryl/α,β-unsaturated/α-hetero) is 1. The molecule has 5 heteroatoms. The van der Waals surface area contributed by atoms with Gasteiger partial charge in [0, 0.05) is 11.8 Å². The van der Waals surface area contributed by atoms with Crippen LogP contribution in [0.15, 0.2) is 41.5 Å². The fourth-order valence-electron chi connectivity index (χ4n) is 5.99. The quantitative estimate of drug-likeness (QED) is 0.613. The van der Waals surface area contributed by atoms with E-state index in [1.165, 1.54) is 4.90 Å². The second kappa shape index (κ2) is 5.61. The van der Waals surface area contributed by atoms with E-state index in [1.54, 1.807) is 24.3 Å². The summed E-state index contributed by atoms with van der Waals surface area (Å²) in [5.74, 6) is -2.40. The predicted octanol–water partition coefficient (Wildman–Crippen LogP) is 2.63. The molecule has 1 aliphatic heterocycles. The summed E-state index contributed by atoms with van der Waals surface area (Å²) in [7, 11) is 0. The Kier molecular flexibility index (Phi) is 3.51. The number of ketones is 1. The van der Waals surface area contributed by atoms with E-state index in [2.05, 4.69) is 0 Å². The number of carbonyl (C=O) groups excluding carboxylic acids is 3. The molecule has 0 unspecified atom stereocenters. The fourth-order valence-corrected chi connectivity index (χ4v) is 5.99. The molecule has 5 atom stereocenters. The van der Waals surface area contributed by atoms with Crippen molar-refractivity contribution >= 4 is 23.3 Å². The van der Waals surface area contributed by atoms with Gasteiger partial charge in [-0.2, -0.15) is 0 Å². The average molecular weight is 365 g/mol. The number of carbonyl (C=O) groups is 3. The van der Waals surface area contributed by atoms with E-state index >= 15 is 0 Å². The first-order valence-electron chi connectivity index (χ1n) is 9.81. The number of imide groups is 1. The van der Waals surface area contributed by atoms with Crippen molar-refractivity contribution < 1.29 is 19.5 Å². The lowest BCUT2D eigenvalue weighted by Gasteiger charge is -2.51. The summed E-state index contributed by atoms with van der Waals surface area (Å²) in [6, 6.07) is 8.96. The number of anilines is 1. The largest absolute Gasteiger partial charge is 0.381 e. The van der Waals surface area contributed by atoms with E-state index in [-0.39, 0.29) is 23.5 Å². The third kappa shape index (κ3) is 2.12. The summed E-state index contributed by atoms with van der Waals surface area (Å²) in [4.78, 5) is 40.7. The number of benzene rings is 1. The summed E-state index contributed by atoms with van der Waals surface area (Å²) in [6.45, 7) is 2.00. The van der Waals surface area contributed by atoms with Gasteiger partial charge in [-0.3, -0.25) is 19.3 Å². The highest BCUT2D eigenvalue weighted by atomic mass is 16.3. The summed E-state index contributed by atoms with van der Waals surface area (Å²) < 4.78 is 0. The molecule has 0 spiro atoms. The maximum absolute atomic E-state index is 13.4. The average Bonchev–Trinajstić information content (AvgIpc) is 2.89. The normalized spacial score (nSPS) is 38.1. The van der Waals surface area contributed by atoms with Gasteiger partial charge in [0.2, 0.25) is 11.8 Å². The molecule has 5 nitrogen and oxygen atoms in total. The molecule has 1 N–H and O–H groups in total. The van der Waals surface area contributed by atoms with Crippen molar-refractivity contribution in [2.24, 2.45) is 23.7 Å². The summed E-state index contributed by atoms with van der Waals surface area (Å²) in [6.07, 6.45) is 3.16. The second-order valence-corrected chi connectivity index (χ2v) is 8.55. The van der Waals surface area contributed by atoms with Gasteiger partial charge in [-0.15, -0.1) is 0 Å². The molecule has 1 aromatic carbocycles. The number of rotatable bonds is 1. The number of hydrogen-bond donors (Lipinski definition) is 1. The highest BCUT2D eigenvalue weighted by molar-refractivity contribution is 6.22. The van der Waals surface area contributed by atoms with E-state index in [1.807, 2.05) is 13.0 Å². The van der Waals surface area contributed by atoms with E-state index < -0.39 is 23.4 Å². The van der Waals surface area contributed by atoms with E-state index in [9.17, 15) is 19.5 Å². The molecule has 1 aromatic rings. The molecule has 4 aliphatic rings. The van der Waals surface area contributed by atoms with E-state index in [4.69, 9.17) is 0 Å². The molecule has 27 heavy (non-hydrogen) atoms. The number of para-hydroxylation sites is 1. The van der Waals surface area contributed by atoms with E-state index in [0.29, 0.717) is 24.9 Å². The number of hydrogen-bond acceptors (Lipinski definition) is 4. The molecule has 2 saturated carbocycles. The molecule has 0 radical (unpaired) electrons. The molecule has 1 heterocycles. The van der Waals surface area contributed by atoms with Crippen molar-refractivity contribution in [3.63, 3.8) is 0 Å². The molecule has 2 bridgehead atoms. The Balaban J connectivity index is 1.63. The Morgan fingerprint density at radius 2 is 1.81 bits per heavy atom. The van der Waals surface area contributed by atoms with Crippen LogP contribution in [0, 0.1) is 23.7 Å². The third-order valence-corrected chi connectivity index (χ3v) is 7.19. The number of fused-ring (bicyclic) bond motifs is 6. The minimum Gasteiger partial charge on any atom is -0.381 e. The van der Waals surface area contributed by atoms with Gasteiger partial charge in [-0.25, -0.2) is 0 Å². The highest BCUT2D eigenvalue weighted by Gasteiger charge is 2.64. The zero-order valence-corrected chi connectivity index (χ0v) is 15.4. The van der Waals surface area contributed by atoms with E-state index in [0.717, 1.165) is 24.0 Å². The van der Waals surface area contributed by atoms with Crippen molar-refractivity contribution in [2.75, 3.05) is 4.90 Å². The predicted molar refractivity (Wildman–Crippen MR) is 98.6 cm³/mol. The lowest BCUT2D eigenvalue weighted by atomic mass is 9.53. The molecule has 140 valence electrons. The van der Waals surface area contributed by atoms with Crippen LogP contribution in [0.4, 0.5) is 5.69 Å². The van der Waals surface area contributed by atoms with Crippen LogP contribution >= 0.6 is 0 Å². The molecular weight excluding hydrogens is 342 g/mol. The van der Waals surface area contributed by atoms with Crippen LogP contribution in [0.1, 0.15) is 39.0 Å². The minimum absolute atomic E-state index is 0.116. The lowest BCUT2D eigenvalue weighted by Crippen LogP contribution is -2.60. The van der Waals surface area contributed by atoms with Crippen LogP contribution in [-0.2, 0) is 14.4 Å². The van der Waals surface area contributed by atoms with Crippen LogP contribution in [0.3, 0.4) is 0 Å². The Morgan fingerprint density at radius 1 is 1.07 bits per heavy atom. The summed E-state index contributed by atoms with van der Waals surface area (Å²) in [5, 5.41) is 11.4. The van der Waals surface area contributed by atoms with Crippen molar-refractivity contribution in [2.45, 2.75) is 44.6 Å². The van der Waals surface area contributed by atoms with Crippen LogP contribution in [0.5, 0.6) is 0 Å². The number of allylic oxidation sites excluding steroid dienone is 1. The van der Waals surface area contributed by atoms with Crippen molar-refractivity contribution in [3.05, 3.63) is 41.5 Å². The van der Waals surface area contributed by atoms with Gasteiger partial charge in [0.15, 0.2) is 5.78 Å². The molecule has 3 fully saturated rings. The molecule has 2 amide bonds. The third-order valence-electron chi connectivity index (χ3n) is 7.19. The first kappa shape index (κ1) is 16.9. The fraction of sp³-hybridized carbons (Fsp3) is 0.500. The van der Waals surface area contributed by atoms with Crippen LogP contribution < -0.4 is 4.90 Å². The van der Waals surface area contributed by atoms with Gasteiger partial charge in [-0.1, -0.05) is 29.3 Å². The zero-order valence-electron chi connectivity index (χ0n) is 15.4. The Hall–Kier alpha value is -2.27. The van der Waals surface area contributed by atoms with Gasteiger partial charge in [0.25, 0.3) is 0 Å². The first-order valence-corrected chi connectivity index (χ1v) is 9.81. The number of nitrogens with zero attached hydrogens (tertiary/aromatic N) is 1. The highest BCUT2D eigenvalue weighted by Crippen LogP contribution is 2.57. The van der Waals surface area contributed by atoms with Crippen molar-refractivity contribution in [1.29, 1.82) is 0 Å². The van der Waals surface area contributed by atoms with Gasteiger partial charge in [0.05, 0.1) is 17.5 Å². The second-order valence-electron chi connectivity index (χ2n) is 8.55. The van der Waals surface area contributed by atoms with Gasteiger partial charge >= 0.3 is 0 Å². The Morgan fingerprint density at radius 3 is 2.56 bits per heavy atom. The van der Waals surface area contributed by atoms with Gasteiger partial charge in [0.1, 0.15) is 5.60 Å². The maximum atomic E-state index is 13.4. The van der Waals surface area contributed by atoms with Crippen molar-refractivity contribution in [3.8, 4) is 0 Å². The topological polar surface area (TPSA) is 74.7 Å². The molecule has 3 aliphatic carbocycles. The number of aliphatic hydroxyl groups is 1.